The van der Waals surface area contributed by atoms with E-state index in [1.807, 2.05) is 0 Å². The molecule has 152 valence electrons. The first-order valence-corrected chi connectivity index (χ1v) is 10.6. The van der Waals surface area contributed by atoms with Crippen LogP contribution in [0.15, 0.2) is 71.3 Å². The molecular formula is C21H11Cl2FO5S. The van der Waals surface area contributed by atoms with Crippen LogP contribution in [0.2, 0.25) is 10.0 Å². The molecule has 0 N–H and O–H groups in total. The van der Waals surface area contributed by atoms with Crippen molar-refractivity contribution in [3.05, 3.63) is 93.4 Å². The third-order valence-corrected chi connectivity index (χ3v) is 6.07. The lowest BCUT2D eigenvalue weighted by molar-refractivity contribution is 0.101. The Kier molecular flexibility index (Phi) is 5.27. The third-order valence-electron chi connectivity index (χ3n) is 4.22. The highest BCUT2D eigenvalue weighted by Gasteiger charge is 2.29. The summed E-state index contributed by atoms with van der Waals surface area (Å²) < 4.78 is 49.5. The van der Waals surface area contributed by atoms with Crippen molar-refractivity contribution in [2.45, 2.75) is 4.90 Å². The van der Waals surface area contributed by atoms with Gasteiger partial charge in [0.1, 0.15) is 22.2 Å². The van der Waals surface area contributed by atoms with Crippen molar-refractivity contribution in [2.24, 2.45) is 0 Å². The van der Waals surface area contributed by atoms with Crippen molar-refractivity contribution >= 4 is 45.2 Å². The molecule has 9 heteroatoms. The molecule has 1 aliphatic heterocycles. The quantitative estimate of drug-likeness (QED) is 0.375. The Hall–Kier alpha value is -2.87. The van der Waals surface area contributed by atoms with Crippen molar-refractivity contribution in [3.8, 4) is 11.5 Å². The summed E-state index contributed by atoms with van der Waals surface area (Å²) in [4.78, 5) is 12.5. The summed E-state index contributed by atoms with van der Waals surface area (Å²) >= 11 is 11.8. The number of hydrogen-bond donors (Lipinski definition) is 0. The van der Waals surface area contributed by atoms with E-state index < -0.39 is 21.7 Å². The molecule has 5 nitrogen and oxygen atoms in total. The Bertz CT molecular complexity index is 1280. The maximum atomic E-state index is 14.0. The standard InChI is InChI=1S/C21H11Cl2FO5S/c22-12-4-7-14(8-5-12)30(26,27)29-13-6-9-15-19(10-13)28-20(21(15)25)11-16-17(23)2-1-3-18(16)24/h1-11H/b20-11-. The SMILES string of the molecule is O=C1/C(=C/c2c(F)cccc2Cl)Oc2cc(OS(=O)(=O)c3ccc(Cl)cc3)ccc21. The molecule has 1 heterocycles. The third kappa shape index (κ3) is 3.92. The van der Waals surface area contributed by atoms with Gasteiger partial charge in [-0.2, -0.15) is 8.42 Å². The number of allylic oxidation sites excluding steroid dienone is 1. The molecule has 0 unspecified atom stereocenters. The second-order valence-electron chi connectivity index (χ2n) is 6.22. The first-order valence-electron chi connectivity index (χ1n) is 8.47. The lowest BCUT2D eigenvalue weighted by Crippen LogP contribution is -2.09. The van der Waals surface area contributed by atoms with Gasteiger partial charge in [-0.05, 0) is 54.6 Å². The van der Waals surface area contributed by atoms with Gasteiger partial charge in [-0.25, -0.2) is 4.39 Å². The molecule has 0 saturated carbocycles. The van der Waals surface area contributed by atoms with Gasteiger partial charge in [0.2, 0.25) is 5.78 Å². The summed E-state index contributed by atoms with van der Waals surface area (Å²) in [5.41, 5.74) is 0.196. The van der Waals surface area contributed by atoms with Gasteiger partial charge >= 0.3 is 10.1 Å². The summed E-state index contributed by atoms with van der Waals surface area (Å²) in [5.74, 6) is -1.21. The van der Waals surface area contributed by atoms with Crippen LogP contribution in [-0.2, 0) is 10.1 Å². The Morgan fingerprint density at radius 2 is 1.73 bits per heavy atom. The summed E-state index contributed by atoms with van der Waals surface area (Å²) in [7, 11) is -4.12. The summed E-state index contributed by atoms with van der Waals surface area (Å²) in [6.45, 7) is 0. The van der Waals surface area contributed by atoms with Crippen LogP contribution in [0.3, 0.4) is 0 Å². The van der Waals surface area contributed by atoms with E-state index in [1.54, 1.807) is 0 Å². The van der Waals surface area contributed by atoms with Gasteiger partial charge in [-0.3, -0.25) is 4.79 Å². The Labute approximate surface area is 181 Å². The number of rotatable bonds is 4. The summed E-state index contributed by atoms with van der Waals surface area (Å²) in [6.07, 6.45) is 1.20. The Morgan fingerprint density at radius 3 is 2.43 bits per heavy atom. The number of benzene rings is 3. The zero-order valence-corrected chi connectivity index (χ0v) is 17.3. The van der Waals surface area contributed by atoms with E-state index in [4.69, 9.17) is 32.1 Å². The van der Waals surface area contributed by atoms with E-state index in [2.05, 4.69) is 0 Å². The van der Waals surface area contributed by atoms with Crippen LogP contribution in [0.25, 0.3) is 6.08 Å². The largest absolute Gasteiger partial charge is 0.452 e. The first kappa shape index (κ1) is 20.4. The fraction of sp³-hybridized carbons (Fsp3) is 0. The van der Waals surface area contributed by atoms with E-state index in [0.29, 0.717) is 5.02 Å². The van der Waals surface area contributed by atoms with Crippen LogP contribution in [0.5, 0.6) is 11.5 Å². The fourth-order valence-corrected chi connectivity index (χ4v) is 4.04. The van der Waals surface area contributed by atoms with E-state index in [-0.39, 0.29) is 38.3 Å². The van der Waals surface area contributed by atoms with Crippen molar-refractivity contribution < 1.29 is 26.5 Å². The van der Waals surface area contributed by atoms with Gasteiger partial charge in [0.15, 0.2) is 5.76 Å². The van der Waals surface area contributed by atoms with E-state index in [9.17, 15) is 17.6 Å². The topological polar surface area (TPSA) is 69.7 Å². The highest BCUT2D eigenvalue weighted by atomic mass is 35.5. The predicted octanol–water partition coefficient (Wildman–Crippen LogP) is 5.52. The first-order chi connectivity index (χ1) is 14.2. The van der Waals surface area contributed by atoms with Crippen LogP contribution < -0.4 is 8.92 Å². The molecule has 0 aliphatic carbocycles. The number of ketones is 1. The normalized spacial score (nSPS) is 14.5. The fourth-order valence-electron chi connectivity index (χ4n) is 2.77. The molecular weight excluding hydrogens is 454 g/mol. The highest BCUT2D eigenvalue weighted by Crippen LogP contribution is 2.36. The molecule has 0 aromatic heterocycles. The van der Waals surface area contributed by atoms with Crippen molar-refractivity contribution in [1.82, 2.24) is 0 Å². The number of hydrogen-bond acceptors (Lipinski definition) is 5. The molecule has 0 fully saturated rings. The molecule has 0 amide bonds. The minimum absolute atomic E-state index is 0.0112. The molecule has 0 spiro atoms. The van der Waals surface area contributed by atoms with Crippen LogP contribution in [0, 0.1) is 5.82 Å². The number of carbonyl (C=O) groups excluding carboxylic acids is 1. The smallest absolute Gasteiger partial charge is 0.339 e. The van der Waals surface area contributed by atoms with Crippen LogP contribution in [0.4, 0.5) is 4.39 Å². The maximum absolute atomic E-state index is 14.0. The highest BCUT2D eigenvalue weighted by molar-refractivity contribution is 7.87. The van der Waals surface area contributed by atoms with E-state index in [0.717, 1.165) is 0 Å². The molecule has 3 aromatic carbocycles. The Morgan fingerprint density at radius 1 is 1.00 bits per heavy atom. The molecule has 0 atom stereocenters. The van der Waals surface area contributed by atoms with Gasteiger partial charge < -0.3 is 8.92 Å². The summed E-state index contributed by atoms with van der Waals surface area (Å²) in [6, 6.07) is 13.6. The van der Waals surface area contributed by atoms with Crippen LogP contribution in [-0.4, -0.2) is 14.2 Å². The molecule has 0 saturated heterocycles. The molecule has 30 heavy (non-hydrogen) atoms. The average molecular weight is 465 g/mol. The molecule has 1 aliphatic rings. The minimum atomic E-state index is -4.12. The minimum Gasteiger partial charge on any atom is -0.452 e. The van der Waals surface area contributed by atoms with Gasteiger partial charge in [-0.15, -0.1) is 0 Å². The predicted molar refractivity (Wildman–Crippen MR) is 110 cm³/mol. The lowest BCUT2D eigenvalue weighted by Gasteiger charge is -2.08. The molecule has 4 rings (SSSR count). The number of carbonyl (C=O) groups is 1. The van der Waals surface area contributed by atoms with Crippen LogP contribution in [0.1, 0.15) is 15.9 Å². The molecule has 0 radical (unpaired) electrons. The van der Waals surface area contributed by atoms with Crippen molar-refractivity contribution in [3.63, 3.8) is 0 Å². The zero-order chi connectivity index (χ0) is 21.5. The maximum Gasteiger partial charge on any atom is 0.339 e. The zero-order valence-electron chi connectivity index (χ0n) is 14.9. The van der Waals surface area contributed by atoms with E-state index in [1.165, 1.54) is 66.7 Å². The number of fused-ring (bicyclic) bond motifs is 1. The average Bonchev–Trinajstić information content (AvgIpc) is 3.00. The summed E-state index contributed by atoms with van der Waals surface area (Å²) in [5, 5.41) is 0.501. The molecule has 0 bridgehead atoms. The van der Waals surface area contributed by atoms with Gasteiger partial charge in [0.25, 0.3) is 0 Å². The lowest BCUT2D eigenvalue weighted by atomic mass is 10.1. The van der Waals surface area contributed by atoms with Gasteiger partial charge in [-0.1, -0.05) is 29.3 Å². The monoisotopic (exact) mass is 464 g/mol. The second-order valence-corrected chi connectivity index (χ2v) is 8.61. The number of halogens is 3. The van der Waals surface area contributed by atoms with Gasteiger partial charge in [0.05, 0.1) is 10.6 Å². The number of ether oxygens (including phenoxy) is 1. The van der Waals surface area contributed by atoms with Crippen molar-refractivity contribution in [2.75, 3.05) is 0 Å². The second kappa shape index (κ2) is 7.75. The Balaban J connectivity index is 1.62. The molecule has 3 aromatic rings. The number of Topliss-reactive ketones (excluding diaryl/α,β-unsaturated/α-hetero) is 1. The van der Waals surface area contributed by atoms with E-state index >= 15 is 0 Å². The van der Waals surface area contributed by atoms with Crippen molar-refractivity contribution in [1.29, 1.82) is 0 Å². The van der Waals surface area contributed by atoms with Crippen LogP contribution >= 0.6 is 23.2 Å². The van der Waals surface area contributed by atoms with Gasteiger partial charge in [0, 0.05) is 16.7 Å².